The fourth-order valence-electron chi connectivity index (χ4n) is 3.76. The highest BCUT2D eigenvalue weighted by atomic mass is 16.1. The number of imidazole rings is 1. The lowest BCUT2D eigenvalue weighted by Gasteiger charge is -2.26. The first-order chi connectivity index (χ1) is 12.8. The summed E-state index contributed by atoms with van der Waals surface area (Å²) in [5.41, 5.74) is 2.35. The molecule has 1 aliphatic heterocycles. The van der Waals surface area contributed by atoms with E-state index in [1.54, 1.807) is 0 Å². The van der Waals surface area contributed by atoms with Crippen LogP contribution in [0.4, 0.5) is 0 Å². The van der Waals surface area contributed by atoms with Crippen molar-refractivity contribution in [1.82, 2.24) is 14.9 Å². The lowest BCUT2D eigenvalue weighted by Crippen LogP contribution is -2.41. The Labute approximate surface area is 153 Å². The van der Waals surface area contributed by atoms with Crippen molar-refractivity contribution < 1.29 is 4.79 Å². The van der Waals surface area contributed by atoms with Gasteiger partial charge >= 0.3 is 0 Å². The molecule has 0 spiro atoms. The molecule has 4 heteroatoms. The molecule has 132 valence electrons. The Morgan fingerprint density at radius 3 is 2.38 bits per heavy atom. The SMILES string of the molecule is O=C(CC(c1ccccc1)c1ccccc1)N[C@H]1CCc2nccn2C1. The zero-order valence-corrected chi connectivity index (χ0v) is 14.7. The van der Waals surface area contributed by atoms with Crippen LogP contribution in [0, 0.1) is 0 Å². The second-order valence-electron chi connectivity index (χ2n) is 6.88. The number of fused-ring (bicyclic) bond motifs is 1. The van der Waals surface area contributed by atoms with Crippen molar-refractivity contribution in [3.8, 4) is 0 Å². The van der Waals surface area contributed by atoms with Crippen LogP contribution in [0.2, 0.25) is 0 Å². The van der Waals surface area contributed by atoms with Crippen LogP contribution in [-0.4, -0.2) is 21.5 Å². The Balaban J connectivity index is 1.47. The molecule has 0 bridgehead atoms. The van der Waals surface area contributed by atoms with Gasteiger partial charge in [-0.1, -0.05) is 60.7 Å². The van der Waals surface area contributed by atoms with Gasteiger partial charge in [0.2, 0.25) is 5.91 Å². The average molecular weight is 345 g/mol. The molecular weight excluding hydrogens is 322 g/mol. The van der Waals surface area contributed by atoms with Crippen molar-refractivity contribution in [2.24, 2.45) is 0 Å². The molecule has 0 aliphatic carbocycles. The van der Waals surface area contributed by atoms with Gasteiger partial charge in [-0.15, -0.1) is 0 Å². The highest BCUT2D eigenvalue weighted by Gasteiger charge is 2.23. The largest absolute Gasteiger partial charge is 0.352 e. The molecule has 2 heterocycles. The van der Waals surface area contributed by atoms with E-state index >= 15 is 0 Å². The van der Waals surface area contributed by atoms with E-state index in [0.29, 0.717) is 6.42 Å². The number of nitrogens with one attached hydrogen (secondary N) is 1. The van der Waals surface area contributed by atoms with Crippen LogP contribution in [0.3, 0.4) is 0 Å². The van der Waals surface area contributed by atoms with E-state index in [1.165, 1.54) is 11.1 Å². The van der Waals surface area contributed by atoms with Crippen molar-refractivity contribution >= 4 is 5.91 Å². The zero-order valence-electron chi connectivity index (χ0n) is 14.7. The fourth-order valence-corrected chi connectivity index (χ4v) is 3.76. The molecule has 3 aromatic rings. The fraction of sp³-hybridized carbons (Fsp3) is 0.273. The molecule has 0 unspecified atom stereocenters. The molecule has 1 N–H and O–H groups in total. The van der Waals surface area contributed by atoms with E-state index in [1.807, 2.05) is 48.8 Å². The van der Waals surface area contributed by atoms with Crippen LogP contribution < -0.4 is 5.32 Å². The maximum Gasteiger partial charge on any atom is 0.221 e. The van der Waals surface area contributed by atoms with Gasteiger partial charge < -0.3 is 9.88 Å². The molecule has 26 heavy (non-hydrogen) atoms. The molecule has 1 aliphatic rings. The number of rotatable bonds is 5. The van der Waals surface area contributed by atoms with Gasteiger partial charge in [0.1, 0.15) is 5.82 Å². The summed E-state index contributed by atoms with van der Waals surface area (Å²) in [4.78, 5) is 17.1. The summed E-state index contributed by atoms with van der Waals surface area (Å²) >= 11 is 0. The minimum Gasteiger partial charge on any atom is -0.352 e. The predicted octanol–water partition coefficient (Wildman–Crippen LogP) is 3.54. The molecule has 2 aromatic carbocycles. The summed E-state index contributed by atoms with van der Waals surface area (Å²) in [7, 11) is 0. The molecule has 0 radical (unpaired) electrons. The molecule has 1 amide bonds. The summed E-state index contributed by atoms with van der Waals surface area (Å²) in [6, 6.07) is 20.7. The Morgan fingerprint density at radius 2 is 1.73 bits per heavy atom. The highest BCUT2D eigenvalue weighted by molar-refractivity contribution is 5.78. The number of carbonyl (C=O) groups is 1. The average Bonchev–Trinajstić information content (AvgIpc) is 3.15. The Hall–Kier alpha value is -2.88. The van der Waals surface area contributed by atoms with Crippen molar-refractivity contribution in [2.75, 3.05) is 0 Å². The van der Waals surface area contributed by atoms with Gasteiger partial charge in [-0.2, -0.15) is 0 Å². The van der Waals surface area contributed by atoms with Gasteiger partial charge in [-0.3, -0.25) is 4.79 Å². The molecule has 0 saturated heterocycles. The Morgan fingerprint density at radius 1 is 1.08 bits per heavy atom. The van der Waals surface area contributed by atoms with Crippen molar-refractivity contribution in [3.63, 3.8) is 0 Å². The molecule has 0 fully saturated rings. The predicted molar refractivity (Wildman–Crippen MR) is 102 cm³/mol. The zero-order chi connectivity index (χ0) is 17.8. The maximum atomic E-state index is 12.8. The highest BCUT2D eigenvalue weighted by Crippen LogP contribution is 2.28. The third-order valence-electron chi connectivity index (χ3n) is 5.09. The van der Waals surface area contributed by atoms with Gasteiger partial charge in [-0.25, -0.2) is 4.98 Å². The van der Waals surface area contributed by atoms with E-state index < -0.39 is 0 Å². The van der Waals surface area contributed by atoms with Gasteiger partial charge in [0, 0.05) is 43.7 Å². The number of benzene rings is 2. The molecule has 4 rings (SSSR count). The second kappa shape index (κ2) is 7.56. The number of carbonyl (C=O) groups excluding carboxylic acids is 1. The summed E-state index contributed by atoms with van der Waals surface area (Å²) in [5, 5.41) is 3.23. The quantitative estimate of drug-likeness (QED) is 0.769. The van der Waals surface area contributed by atoms with Crippen LogP contribution in [0.5, 0.6) is 0 Å². The van der Waals surface area contributed by atoms with E-state index in [9.17, 15) is 4.79 Å². The number of hydrogen-bond acceptors (Lipinski definition) is 2. The number of hydrogen-bond donors (Lipinski definition) is 1. The molecule has 1 aromatic heterocycles. The van der Waals surface area contributed by atoms with Crippen molar-refractivity contribution in [1.29, 1.82) is 0 Å². The van der Waals surface area contributed by atoms with Crippen LogP contribution in [0.15, 0.2) is 73.1 Å². The lowest BCUT2D eigenvalue weighted by atomic mass is 9.88. The number of amides is 1. The standard InChI is InChI=1S/C22H23N3O/c26-22(24-19-11-12-21-23-13-14-25(21)16-19)15-20(17-7-3-1-4-8-17)18-9-5-2-6-10-18/h1-10,13-14,19-20H,11-12,15-16H2,(H,24,26)/t19-/m0/s1. The lowest BCUT2D eigenvalue weighted by molar-refractivity contribution is -0.122. The van der Waals surface area contributed by atoms with Crippen LogP contribution in [0.25, 0.3) is 0 Å². The Bertz CT molecular complexity index is 818. The van der Waals surface area contributed by atoms with Crippen molar-refractivity contribution in [2.45, 2.75) is 37.8 Å². The third kappa shape index (κ3) is 3.69. The molecular formula is C22H23N3O. The molecule has 0 saturated carbocycles. The summed E-state index contributed by atoms with van der Waals surface area (Å²) < 4.78 is 2.14. The van der Waals surface area contributed by atoms with Gasteiger partial charge in [0.15, 0.2) is 0 Å². The van der Waals surface area contributed by atoms with E-state index in [4.69, 9.17) is 0 Å². The minimum absolute atomic E-state index is 0.0739. The minimum atomic E-state index is 0.0739. The molecule has 1 atom stereocenters. The van der Waals surface area contributed by atoms with Crippen molar-refractivity contribution in [3.05, 3.63) is 90.0 Å². The first-order valence-electron chi connectivity index (χ1n) is 9.19. The van der Waals surface area contributed by atoms with Gasteiger partial charge in [0.25, 0.3) is 0 Å². The number of aromatic nitrogens is 2. The topological polar surface area (TPSA) is 46.9 Å². The first-order valence-corrected chi connectivity index (χ1v) is 9.19. The molecule has 4 nitrogen and oxygen atoms in total. The Kier molecular flexibility index (Phi) is 4.82. The van der Waals surface area contributed by atoms with Gasteiger partial charge in [0.05, 0.1) is 0 Å². The van der Waals surface area contributed by atoms with Gasteiger partial charge in [-0.05, 0) is 17.5 Å². The first kappa shape index (κ1) is 16.6. The summed E-state index contributed by atoms with van der Waals surface area (Å²) in [6.45, 7) is 0.808. The van der Waals surface area contributed by atoms with E-state index in [2.05, 4.69) is 39.1 Å². The van der Waals surface area contributed by atoms with Crippen LogP contribution in [0.1, 0.15) is 35.7 Å². The van der Waals surface area contributed by atoms with Crippen LogP contribution >= 0.6 is 0 Å². The number of aryl methyl sites for hydroxylation is 1. The summed E-state index contributed by atoms with van der Waals surface area (Å²) in [6.07, 6.45) is 6.15. The monoisotopic (exact) mass is 345 g/mol. The smallest absolute Gasteiger partial charge is 0.221 e. The second-order valence-corrected chi connectivity index (χ2v) is 6.88. The summed E-state index contributed by atoms with van der Waals surface area (Å²) in [5.74, 6) is 1.29. The van der Waals surface area contributed by atoms with Crippen LogP contribution in [-0.2, 0) is 17.8 Å². The van der Waals surface area contributed by atoms with E-state index in [0.717, 1.165) is 25.2 Å². The number of nitrogens with zero attached hydrogens (tertiary/aromatic N) is 2. The normalized spacial score (nSPS) is 16.3. The third-order valence-corrected chi connectivity index (χ3v) is 5.09. The van der Waals surface area contributed by atoms with E-state index in [-0.39, 0.29) is 17.9 Å². The maximum absolute atomic E-state index is 12.8.